The minimum Gasteiger partial charge on any atom is -0.392 e. The van der Waals surface area contributed by atoms with E-state index in [1.807, 2.05) is 0 Å². The van der Waals surface area contributed by atoms with E-state index in [4.69, 9.17) is 4.74 Å². The number of likely N-dealkylation sites (tertiary alicyclic amines) is 1. The molecule has 3 fully saturated rings. The molecule has 0 spiro atoms. The molecular weight excluding hydrogens is 240 g/mol. The maximum Gasteiger partial charge on any atom is 0.0693 e. The van der Waals surface area contributed by atoms with Gasteiger partial charge in [0, 0.05) is 37.7 Å². The van der Waals surface area contributed by atoms with Gasteiger partial charge in [-0.25, -0.2) is 0 Å². The lowest BCUT2D eigenvalue weighted by molar-refractivity contribution is 0.00718. The van der Waals surface area contributed by atoms with E-state index in [1.165, 1.54) is 12.8 Å². The van der Waals surface area contributed by atoms with Crippen molar-refractivity contribution in [2.24, 2.45) is 11.3 Å². The molecule has 1 saturated carbocycles. The molecule has 3 rings (SSSR count). The minimum absolute atomic E-state index is 0.149. The monoisotopic (exact) mass is 268 g/mol. The van der Waals surface area contributed by atoms with Gasteiger partial charge in [0.25, 0.3) is 0 Å². The first-order chi connectivity index (χ1) is 9.17. The summed E-state index contributed by atoms with van der Waals surface area (Å²) in [5.41, 5.74) is 0.281. The summed E-state index contributed by atoms with van der Waals surface area (Å²) in [7, 11) is 0. The number of piperidine rings is 1. The van der Waals surface area contributed by atoms with Crippen molar-refractivity contribution in [3.8, 4) is 0 Å². The Morgan fingerprint density at radius 1 is 1.37 bits per heavy atom. The predicted molar refractivity (Wildman–Crippen MR) is 75.1 cm³/mol. The van der Waals surface area contributed by atoms with Crippen LogP contribution in [0.15, 0.2) is 0 Å². The standard InChI is InChI=1S/C15H28N2O2/c1-12-4-6-17(8-14(12)18)10-15(5-7-19-11-15)9-16-13-2-3-13/h12-14,16,18H,2-11H2,1H3. The summed E-state index contributed by atoms with van der Waals surface area (Å²) in [6.07, 6.45) is 4.82. The number of ether oxygens (including phenoxy) is 1. The second kappa shape index (κ2) is 5.68. The van der Waals surface area contributed by atoms with Gasteiger partial charge < -0.3 is 20.1 Å². The Morgan fingerprint density at radius 2 is 2.21 bits per heavy atom. The molecule has 110 valence electrons. The Balaban J connectivity index is 1.54. The lowest BCUT2D eigenvalue weighted by Crippen LogP contribution is -2.50. The van der Waals surface area contributed by atoms with Crippen LogP contribution in [0, 0.1) is 11.3 Å². The van der Waals surface area contributed by atoms with Gasteiger partial charge in [-0.2, -0.15) is 0 Å². The smallest absolute Gasteiger partial charge is 0.0693 e. The zero-order valence-electron chi connectivity index (χ0n) is 12.1. The highest BCUT2D eigenvalue weighted by Crippen LogP contribution is 2.32. The van der Waals surface area contributed by atoms with Crippen LogP contribution in [0.25, 0.3) is 0 Å². The van der Waals surface area contributed by atoms with Gasteiger partial charge in [0.1, 0.15) is 0 Å². The molecule has 0 aromatic heterocycles. The van der Waals surface area contributed by atoms with E-state index in [9.17, 15) is 5.11 Å². The average Bonchev–Trinajstić information content (AvgIpc) is 3.12. The number of rotatable bonds is 5. The highest BCUT2D eigenvalue weighted by molar-refractivity contribution is 4.93. The van der Waals surface area contributed by atoms with Crippen LogP contribution in [0.2, 0.25) is 0 Å². The Kier molecular flexibility index (Phi) is 4.13. The third-order valence-corrected chi connectivity index (χ3v) is 5.09. The van der Waals surface area contributed by atoms with Crippen LogP contribution in [0.4, 0.5) is 0 Å². The number of nitrogens with zero attached hydrogens (tertiary/aromatic N) is 1. The first-order valence-electron chi connectivity index (χ1n) is 7.88. The van der Waals surface area contributed by atoms with Gasteiger partial charge in [0.2, 0.25) is 0 Å². The van der Waals surface area contributed by atoms with Gasteiger partial charge in [-0.3, -0.25) is 0 Å². The number of aliphatic hydroxyl groups is 1. The Bertz CT molecular complexity index is 301. The van der Waals surface area contributed by atoms with E-state index >= 15 is 0 Å². The van der Waals surface area contributed by atoms with E-state index in [0.29, 0.717) is 5.92 Å². The summed E-state index contributed by atoms with van der Waals surface area (Å²) in [5.74, 6) is 0.455. The molecule has 2 N–H and O–H groups in total. The summed E-state index contributed by atoms with van der Waals surface area (Å²) in [6.45, 7) is 8.07. The van der Waals surface area contributed by atoms with E-state index in [-0.39, 0.29) is 11.5 Å². The summed E-state index contributed by atoms with van der Waals surface area (Å²) in [5, 5.41) is 13.7. The fourth-order valence-electron chi connectivity index (χ4n) is 3.35. The van der Waals surface area contributed by atoms with Gasteiger partial charge in [0.05, 0.1) is 12.7 Å². The SMILES string of the molecule is CC1CCN(CC2(CNC3CC3)CCOC2)CC1O. The molecule has 0 amide bonds. The molecule has 2 aliphatic heterocycles. The van der Waals surface area contributed by atoms with Crippen LogP contribution in [0.5, 0.6) is 0 Å². The first kappa shape index (κ1) is 13.8. The zero-order valence-corrected chi connectivity index (χ0v) is 12.1. The summed E-state index contributed by atoms with van der Waals surface area (Å²) >= 11 is 0. The molecule has 3 atom stereocenters. The number of aliphatic hydroxyl groups excluding tert-OH is 1. The Hall–Kier alpha value is -0.160. The molecule has 4 nitrogen and oxygen atoms in total. The molecule has 0 bridgehead atoms. The van der Waals surface area contributed by atoms with E-state index in [2.05, 4.69) is 17.1 Å². The topological polar surface area (TPSA) is 44.7 Å². The molecule has 3 unspecified atom stereocenters. The van der Waals surface area contributed by atoms with Gasteiger partial charge in [-0.1, -0.05) is 6.92 Å². The average molecular weight is 268 g/mol. The quantitative estimate of drug-likeness (QED) is 0.776. The summed E-state index contributed by atoms with van der Waals surface area (Å²) in [6, 6.07) is 0.768. The fraction of sp³-hybridized carbons (Fsp3) is 1.00. The van der Waals surface area contributed by atoms with Crippen molar-refractivity contribution < 1.29 is 9.84 Å². The lowest BCUT2D eigenvalue weighted by Gasteiger charge is -2.40. The number of hydrogen-bond acceptors (Lipinski definition) is 4. The van der Waals surface area contributed by atoms with Crippen molar-refractivity contribution in [2.45, 2.75) is 44.8 Å². The molecule has 2 saturated heterocycles. The zero-order chi connectivity index (χ0) is 13.3. The number of β-amino-alcohol motifs (C(OH)–C–C–N with tert-alkyl or cyclic N) is 1. The molecule has 19 heavy (non-hydrogen) atoms. The van der Waals surface area contributed by atoms with E-state index in [1.54, 1.807) is 0 Å². The summed E-state index contributed by atoms with van der Waals surface area (Å²) < 4.78 is 5.67. The van der Waals surface area contributed by atoms with Crippen LogP contribution in [0.3, 0.4) is 0 Å². The molecule has 4 heteroatoms. The van der Waals surface area contributed by atoms with Gasteiger partial charge >= 0.3 is 0 Å². The molecule has 0 radical (unpaired) electrons. The van der Waals surface area contributed by atoms with Crippen molar-refractivity contribution in [2.75, 3.05) is 39.4 Å². The van der Waals surface area contributed by atoms with Crippen molar-refractivity contribution in [3.63, 3.8) is 0 Å². The maximum atomic E-state index is 10.0. The number of nitrogens with one attached hydrogen (secondary N) is 1. The maximum absolute atomic E-state index is 10.0. The van der Waals surface area contributed by atoms with Crippen LogP contribution in [-0.2, 0) is 4.74 Å². The highest BCUT2D eigenvalue weighted by Gasteiger charge is 2.39. The first-order valence-corrected chi connectivity index (χ1v) is 7.88. The van der Waals surface area contributed by atoms with Crippen molar-refractivity contribution in [1.29, 1.82) is 0 Å². The number of hydrogen-bond donors (Lipinski definition) is 2. The molecule has 2 heterocycles. The Morgan fingerprint density at radius 3 is 2.84 bits per heavy atom. The third kappa shape index (κ3) is 3.48. The van der Waals surface area contributed by atoms with Gasteiger partial charge in [-0.15, -0.1) is 0 Å². The van der Waals surface area contributed by atoms with Crippen LogP contribution in [-0.4, -0.2) is 61.5 Å². The molecule has 0 aromatic rings. The van der Waals surface area contributed by atoms with Crippen LogP contribution in [0.1, 0.15) is 32.6 Å². The normalized spacial score (nSPS) is 40.7. The molecule has 1 aliphatic carbocycles. The van der Waals surface area contributed by atoms with Gasteiger partial charge in [0.15, 0.2) is 0 Å². The van der Waals surface area contributed by atoms with Crippen molar-refractivity contribution >= 4 is 0 Å². The van der Waals surface area contributed by atoms with E-state index in [0.717, 1.165) is 58.3 Å². The van der Waals surface area contributed by atoms with Gasteiger partial charge in [-0.05, 0) is 38.1 Å². The van der Waals surface area contributed by atoms with Crippen molar-refractivity contribution in [3.05, 3.63) is 0 Å². The largest absolute Gasteiger partial charge is 0.392 e. The van der Waals surface area contributed by atoms with Crippen LogP contribution >= 0.6 is 0 Å². The third-order valence-electron chi connectivity index (χ3n) is 5.09. The Labute approximate surface area is 116 Å². The second-order valence-corrected chi connectivity index (χ2v) is 7.03. The molecular formula is C15H28N2O2. The highest BCUT2D eigenvalue weighted by atomic mass is 16.5. The second-order valence-electron chi connectivity index (χ2n) is 7.03. The minimum atomic E-state index is -0.149. The van der Waals surface area contributed by atoms with E-state index < -0.39 is 0 Å². The van der Waals surface area contributed by atoms with Crippen LogP contribution < -0.4 is 5.32 Å². The fourth-order valence-corrected chi connectivity index (χ4v) is 3.35. The summed E-state index contributed by atoms with van der Waals surface area (Å²) in [4.78, 5) is 2.45. The lowest BCUT2D eigenvalue weighted by atomic mass is 9.85. The van der Waals surface area contributed by atoms with Crippen molar-refractivity contribution in [1.82, 2.24) is 10.2 Å². The molecule has 0 aromatic carbocycles. The molecule has 3 aliphatic rings. The predicted octanol–water partition coefficient (Wildman–Crippen LogP) is 0.848.